The van der Waals surface area contributed by atoms with E-state index in [2.05, 4.69) is 5.32 Å². The first kappa shape index (κ1) is 14.2. The van der Waals surface area contributed by atoms with Gasteiger partial charge in [-0.05, 0) is 23.6 Å². The van der Waals surface area contributed by atoms with Gasteiger partial charge in [-0.1, -0.05) is 43.3 Å². The highest BCUT2D eigenvalue weighted by Gasteiger charge is 2.17. The van der Waals surface area contributed by atoms with E-state index in [1.54, 1.807) is 0 Å². The van der Waals surface area contributed by atoms with Crippen molar-refractivity contribution in [3.8, 4) is 0 Å². The smallest absolute Gasteiger partial charge is 0.257 e. The molecule has 4 heteroatoms. The van der Waals surface area contributed by atoms with Crippen LogP contribution in [0.3, 0.4) is 0 Å². The Morgan fingerprint density at radius 2 is 1.65 bits per heavy atom. The molecule has 0 heterocycles. The minimum absolute atomic E-state index is 0.0648. The number of carbonyl (C=O) groups excluding carboxylic acids is 1. The fourth-order valence-electron chi connectivity index (χ4n) is 1.95. The maximum Gasteiger partial charge on any atom is 0.257 e. The monoisotopic (exact) mass is 275 g/mol. The second-order valence-corrected chi connectivity index (χ2v) is 4.62. The van der Waals surface area contributed by atoms with Crippen LogP contribution in [-0.2, 0) is 0 Å². The number of rotatable bonds is 4. The summed E-state index contributed by atoms with van der Waals surface area (Å²) in [5.74, 6) is -2.37. The predicted octanol–water partition coefficient (Wildman–Crippen LogP) is 3.50. The summed E-state index contributed by atoms with van der Waals surface area (Å²) in [6, 6.07) is 13.0. The molecule has 0 spiro atoms. The highest BCUT2D eigenvalue weighted by Crippen LogP contribution is 2.15. The third-order valence-corrected chi connectivity index (χ3v) is 3.13. The summed E-state index contributed by atoms with van der Waals surface area (Å²) in [4.78, 5) is 11.8. The molecule has 104 valence electrons. The topological polar surface area (TPSA) is 29.1 Å². The lowest BCUT2D eigenvalue weighted by Gasteiger charge is -2.13. The number of benzene rings is 2. The Kier molecular flexibility index (Phi) is 4.45. The van der Waals surface area contributed by atoms with Crippen molar-refractivity contribution in [2.75, 3.05) is 6.54 Å². The molecule has 0 fully saturated rings. The molecule has 2 nitrogen and oxygen atoms in total. The second-order valence-electron chi connectivity index (χ2n) is 4.62. The Bertz CT molecular complexity index is 578. The fourth-order valence-corrected chi connectivity index (χ4v) is 1.95. The molecule has 0 bridgehead atoms. The van der Waals surface area contributed by atoms with Gasteiger partial charge in [-0.2, -0.15) is 0 Å². The number of nitrogens with one attached hydrogen (secondary N) is 1. The van der Waals surface area contributed by atoms with Gasteiger partial charge in [-0.25, -0.2) is 8.78 Å². The zero-order chi connectivity index (χ0) is 14.5. The quantitative estimate of drug-likeness (QED) is 0.909. The van der Waals surface area contributed by atoms with Gasteiger partial charge in [0, 0.05) is 6.54 Å². The fraction of sp³-hybridized carbons (Fsp3) is 0.188. The summed E-state index contributed by atoms with van der Waals surface area (Å²) in [7, 11) is 0. The zero-order valence-corrected chi connectivity index (χ0v) is 11.1. The number of hydrogen-bond acceptors (Lipinski definition) is 1. The summed E-state index contributed by atoms with van der Waals surface area (Å²) in [5, 5.41) is 2.56. The first-order chi connectivity index (χ1) is 9.59. The van der Waals surface area contributed by atoms with Gasteiger partial charge in [0.05, 0.1) is 0 Å². The maximum atomic E-state index is 13.4. The Morgan fingerprint density at radius 3 is 2.25 bits per heavy atom. The number of carbonyl (C=O) groups is 1. The predicted molar refractivity (Wildman–Crippen MR) is 73.5 cm³/mol. The van der Waals surface area contributed by atoms with Crippen LogP contribution in [0.25, 0.3) is 0 Å². The van der Waals surface area contributed by atoms with E-state index < -0.39 is 23.1 Å². The molecular weight excluding hydrogens is 260 g/mol. The SMILES string of the molecule is CC(CNC(=O)c1c(F)cccc1F)c1ccccc1. The van der Waals surface area contributed by atoms with E-state index in [1.807, 2.05) is 37.3 Å². The van der Waals surface area contributed by atoms with E-state index in [9.17, 15) is 13.6 Å². The molecule has 0 saturated carbocycles. The molecular formula is C16H15F2NO. The Hall–Kier alpha value is -2.23. The van der Waals surface area contributed by atoms with E-state index in [1.165, 1.54) is 6.07 Å². The van der Waals surface area contributed by atoms with Crippen molar-refractivity contribution < 1.29 is 13.6 Å². The molecule has 1 atom stereocenters. The van der Waals surface area contributed by atoms with Crippen molar-refractivity contribution in [3.63, 3.8) is 0 Å². The molecule has 2 rings (SSSR count). The largest absolute Gasteiger partial charge is 0.351 e. The summed E-state index contributed by atoms with van der Waals surface area (Å²) < 4.78 is 26.9. The molecule has 0 aliphatic heterocycles. The zero-order valence-electron chi connectivity index (χ0n) is 11.1. The first-order valence-electron chi connectivity index (χ1n) is 6.36. The molecule has 0 aromatic heterocycles. The summed E-state index contributed by atoms with van der Waals surface area (Å²) in [6.07, 6.45) is 0. The Labute approximate surface area is 116 Å². The van der Waals surface area contributed by atoms with E-state index in [0.29, 0.717) is 6.54 Å². The van der Waals surface area contributed by atoms with Gasteiger partial charge < -0.3 is 5.32 Å². The molecule has 1 amide bonds. The number of halogens is 2. The van der Waals surface area contributed by atoms with E-state index >= 15 is 0 Å². The van der Waals surface area contributed by atoms with Crippen molar-refractivity contribution in [3.05, 3.63) is 71.3 Å². The van der Waals surface area contributed by atoms with Crippen LogP contribution < -0.4 is 5.32 Å². The third kappa shape index (κ3) is 3.20. The molecule has 2 aromatic rings. The van der Waals surface area contributed by atoms with Gasteiger partial charge in [0.2, 0.25) is 0 Å². The molecule has 0 saturated heterocycles. The van der Waals surface area contributed by atoms with Crippen LogP contribution in [0.5, 0.6) is 0 Å². The minimum Gasteiger partial charge on any atom is -0.351 e. The van der Waals surface area contributed by atoms with Crippen LogP contribution in [0, 0.1) is 11.6 Å². The van der Waals surface area contributed by atoms with Crippen LogP contribution in [-0.4, -0.2) is 12.5 Å². The maximum absolute atomic E-state index is 13.4. The van der Waals surface area contributed by atoms with Crippen molar-refractivity contribution in [1.82, 2.24) is 5.32 Å². The molecule has 0 aliphatic rings. The molecule has 1 unspecified atom stereocenters. The third-order valence-electron chi connectivity index (χ3n) is 3.13. The highest BCUT2D eigenvalue weighted by molar-refractivity contribution is 5.94. The average Bonchev–Trinajstić information content (AvgIpc) is 2.45. The summed E-state index contributed by atoms with van der Waals surface area (Å²) >= 11 is 0. The average molecular weight is 275 g/mol. The molecule has 1 N–H and O–H groups in total. The van der Waals surface area contributed by atoms with Crippen LogP contribution in [0.15, 0.2) is 48.5 Å². The molecule has 0 radical (unpaired) electrons. The molecule has 20 heavy (non-hydrogen) atoms. The van der Waals surface area contributed by atoms with Gasteiger partial charge in [0.25, 0.3) is 5.91 Å². The lowest BCUT2D eigenvalue weighted by Crippen LogP contribution is -2.29. The lowest BCUT2D eigenvalue weighted by molar-refractivity contribution is 0.0943. The molecule has 0 aliphatic carbocycles. The van der Waals surface area contributed by atoms with Crippen molar-refractivity contribution in [2.45, 2.75) is 12.8 Å². The van der Waals surface area contributed by atoms with Crippen LogP contribution in [0.2, 0.25) is 0 Å². The van der Waals surface area contributed by atoms with Crippen molar-refractivity contribution >= 4 is 5.91 Å². The van der Waals surface area contributed by atoms with Gasteiger partial charge in [-0.15, -0.1) is 0 Å². The van der Waals surface area contributed by atoms with Crippen LogP contribution in [0.4, 0.5) is 8.78 Å². The first-order valence-corrected chi connectivity index (χ1v) is 6.36. The number of amides is 1. The standard InChI is InChI=1S/C16H15F2NO/c1-11(12-6-3-2-4-7-12)10-19-16(20)15-13(17)8-5-9-14(15)18/h2-9,11H,10H2,1H3,(H,19,20). The lowest BCUT2D eigenvalue weighted by atomic mass is 10.0. The van der Waals surface area contributed by atoms with Crippen molar-refractivity contribution in [1.29, 1.82) is 0 Å². The summed E-state index contributed by atoms with van der Waals surface area (Å²) in [5.41, 5.74) is 0.523. The Morgan fingerprint density at radius 1 is 1.05 bits per heavy atom. The number of hydrogen-bond donors (Lipinski definition) is 1. The molecule has 2 aromatic carbocycles. The van der Waals surface area contributed by atoms with Crippen LogP contribution in [0.1, 0.15) is 28.8 Å². The van der Waals surface area contributed by atoms with E-state index in [-0.39, 0.29) is 5.92 Å². The minimum atomic E-state index is -0.852. The van der Waals surface area contributed by atoms with Gasteiger partial charge in [-0.3, -0.25) is 4.79 Å². The normalized spacial score (nSPS) is 11.9. The summed E-state index contributed by atoms with van der Waals surface area (Å²) in [6.45, 7) is 2.25. The van der Waals surface area contributed by atoms with Crippen molar-refractivity contribution in [2.24, 2.45) is 0 Å². The Balaban J connectivity index is 2.03. The second kappa shape index (κ2) is 6.28. The van der Waals surface area contributed by atoms with Gasteiger partial charge in [0.15, 0.2) is 0 Å². The van der Waals surface area contributed by atoms with Gasteiger partial charge in [0.1, 0.15) is 17.2 Å². The highest BCUT2D eigenvalue weighted by atomic mass is 19.1. The van der Waals surface area contributed by atoms with Crippen LogP contribution >= 0.6 is 0 Å². The van der Waals surface area contributed by atoms with Gasteiger partial charge >= 0.3 is 0 Å². The van der Waals surface area contributed by atoms with E-state index in [0.717, 1.165) is 17.7 Å². The van der Waals surface area contributed by atoms with E-state index in [4.69, 9.17) is 0 Å².